The minimum absolute atomic E-state index is 0.0927. The number of pyridine rings is 1. The normalized spacial score (nSPS) is 12.5. The first-order valence-corrected chi connectivity index (χ1v) is 11.1. The maximum Gasteiger partial charge on any atom is 0.252 e. The number of nitrogens with one attached hydrogen (secondary N) is 1. The fraction of sp³-hybridized carbons (Fsp3) is 0.241. The minimum atomic E-state index is -0.106. The van der Waals surface area contributed by atoms with Gasteiger partial charge in [0.05, 0.1) is 22.8 Å². The van der Waals surface area contributed by atoms with Gasteiger partial charge in [-0.15, -0.1) is 0 Å². The van der Waals surface area contributed by atoms with E-state index in [0.717, 1.165) is 33.3 Å². The van der Waals surface area contributed by atoms with Crippen LogP contribution < -0.4 is 5.32 Å². The van der Waals surface area contributed by atoms with Gasteiger partial charge in [0.2, 0.25) is 0 Å². The van der Waals surface area contributed by atoms with Gasteiger partial charge in [-0.05, 0) is 48.6 Å². The van der Waals surface area contributed by atoms with Crippen LogP contribution in [0.1, 0.15) is 60.8 Å². The standard InChI is InChI=1S/C29H30N2O/c1-19-9-8-10-22(17-19)27-18-25(24-11-6-7-12-26(24)31-27)28(32)30-20(2)21-13-15-23(16-14-21)29(3,4)5/h6-18,20H,1-5H3,(H,30,32)/t20-/m0/s1. The van der Waals surface area contributed by atoms with Crippen molar-refractivity contribution in [3.8, 4) is 11.3 Å². The monoisotopic (exact) mass is 422 g/mol. The Balaban J connectivity index is 1.67. The van der Waals surface area contributed by atoms with Crippen LogP contribution in [0.4, 0.5) is 0 Å². The van der Waals surface area contributed by atoms with E-state index in [1.54, 1.807) is 0 Å². The fourth-order valence-corrected chi connectivity index (χ4v) is 3.95. The number of aryl methyl sites for hydroxylation is 1. The van der Waals surface area contributed by atoms with Gasteiger partial charge >= 0.3 is 0 Å². The molecule has 1 atom stereocenters. The second-order valence-corrected chi connectivity index (χ2v) is 9.51. The average Bonchev–Trinajstić information content (AvgIpc) is 2.77. The predicted molar refractivity (Wildman–Crippen MR) is 133 cm³/mol. The van der Waals surface area contributed by atoms with Crippen molar-refractivity contribution in [2.24, 2.45) is 0 Å². The smallest absolute Gasteiger partial charge is 0.252 e. The Bertz CT molecular complexity index is 1270. The minimum Gasteiger partial charge on any atom is -0.345 e. The van der Waals surface area contributed by atoms with Gasteiger partial charge in [0.25, 0.3) is 5.91 Å². The summed E-state index contributed by atoms with van der Waals surface area (Å²) in [7, 11) is 0. The maximum absolute atomic E-state index is 13.4. The van der Waals surface area contributed by atoms with Gasteiger partial charge in [0.15, 0.2) is 0 Å². The zero-order valence-electron chi connectivity index (χ0n) is 19.4. The van der Waals surface area contributed by atoms with Crippen molar-refractivity contribution >= 4 is 16.8 Å². The van der Waals surface area contributed by atoms with E-state index in [4.69, 9.17) is 4.98 Å². The molecule has 0 aliphatic carbocycles. The Labute approximate surface area is 190 Å². The van der Waals surface area contributed by atoms with Crippen molar-refractivity contribution in [1.29, 1.82) is 0 Å². The second-order valence-electron chi connectivity index (χ2n) is 9.51. The number of hydrogen-bond acceptors (Lipinski definition) is 2. The van der Waals surface area contributed by atoms with Crippen molar-refractivity contribution < 1.29 is 4.79 Å². The van der Waals surface area contributed by atoms with Gasteiger partial charge < -0.3 is 5.32 Å². The maximum atomic E-state index is 13.4. The first-order chi connectivity index (χ1) is 15.2. The van der Waals surface area contributed by atoms with E-state index < -0.39 is 0 Å². The molecule has 0 spiro atoms. The molecule has 0 aliphatic heterocycles. The summed E-state index contributed by atoms with van der Waals surface area (Å²) >= 11 is 0. The quantitative estimate of drug-likeness (QED) is 0.385. The highest BCUT2D eigenvalue weighted by molar-refractivity contribution is 6.07. The van der Waals surface area contributed by atoms with Gasteiger partial charge in [-0.25, -0.2) is 4.98 Å². The first kappa shape index (κ1) is 21.8. The molecule has 162 valence electrons. The van der Waals surface area contributed by atoms with Crippen molar-refractivity contribution in [2.75, 3.05) is 0 Å². The molecule has 4 rings (SSSR count). The molecule has 1 aromatic heterocycles. The van der Waals surface area contributed by atoms with Crippen LogP contribution in [0.15, 0.2) is 78.9 Å². The van der Waals surface area contributed by atoms with Crippen LogP contribution in [0.25, 0.3) is 22.2 Å². The highest BCUT2D eigenvalue weighted by Gasteiger charge is 2.18. The molecule has 3 aromatic carbocycles. The van der Waals surface area contributed by atoms with Crippen LogP contribution in [0.5, 0.6) is 0 Å². The Morgan fingerprint density at radius 1 is 0.906 bits per heavy atom. The van der Waals surface area contributed by atoms with Crippen LogP contribution in [-0.4, -0.2) is 10.9 Å². The molecular weight excluding hydrogens is 392 g/mol. The summed E-state index contributed by atoms with van der Waals surface area (Å²) in [5.74, 6) is -0.0927. The summed E-state index contributed by atoms with van der Waals surface area (Å²) < 4.78 is 0. The van der Waals surface area contributed by atoms with E-state index >= 15 is 0 Å². The van der Waals surface area contributed by atoms with Gasteiger partial charge in [0, 0.05) is 10.9 Å². The molecule has 0 bridgehead atoms. The van der Waals surface area contributed by atoms with E-state index in [9.17, 15) is 4.79 Å². The third kappa shape index (κ3) is 4.57. The molecule has 1 heterocycles. The zero-order chi connectivity index (χ0) is 22.9. The summed E-state index contributed by atoms with van der Waals surface area (Å²) in [6.45, 7) is 10.7. The van der Waals surface area contributed by atoms with Crippen LogP contribution in [-0.2, 0) is 5.41 Å². The average molecular weight is 423 g/mol. The summed E-state index contributed by atoms with van der Waals surface area (Å²) in [6.07, 6.45) is 0. The molecule has 0 radical (unpaired) electrons. The van der Waals surface area contributed by atoms with Crippen LogP contribution in [0, 0.1) is 6.92 Å². The number of carbonyl (C=O) groups is 1. The Kier molecular flexibility index (Phi) is 5.84. The largest absolute Gasteiger partial charge is 0.345 e. The lowest BCUT2D eigenvalue weighted by atomic mass is 9.86. The number of carbonyl (C=O) groups excluding carboxylic acids is 1. The van der Waals surface area contributed by atoms with E-state index in [0.29, 0.717) is 5.56 Å². The fourth-order valence-electron chi connectivity index (χ4n) is 3.95. The van der Waals surface area contributed by atoms with Crippen molar-refractivity contribution in [2.45, 2.75) is 46.1 Å². The third-order valence-electron chi connectivity index (χ3n) is 5.90. The van der Waals surface area contributed by atoms with Crippen molar-refractivity contribution in [3.63, 3.8) is 0 Å². The number of para-hydroxylation sites is 1. The Hall–Kier alpha value is -3.46. The molecule has 0 aliphatic rings. The van der Waals surface area contributed by atoms with Gasteiger partial charge in [-0.2, -0.15) is 0 Å². The van der Waals surface area contributed by atoms with E-state index in [1.807, 2.05) is 49.4 Å². The molecule has 1 amide bonds. The zero-order valence-corrected chi connectivity index (χ0v) is 19.4. The highest BCUT2D eigenvalue weighted by Crippen LogP contribution is 2.27. The lowest BCUT2D eigenvalue weighted by molar-refractivity contribution is 0.0941. The topological polar surface area (TPSA) is 42.0 Å². The van der Waals surface area contributed by atoms with Crippen molar-refractivity contribution in [3.05, 3.63) is 101 Å². The number of fused-ring (bicyclic) bond motifs is 1. The molecule has 0 fully saturated rings. The predicted octanol–water partition coefficient (Wildman–Crippen LogP) is 7.00. The SMILES string of the molecule is Cc1cccc(-c2cc(C(=O)N[C@@H](C)c3ccc(C(C)(C)C)cc3)c3ccccc3n2)c1. The number of rotatable bonds is 4. The molecule has 0 unspecified atom stereocenters. The van der Waals surface area contributed by atoms with E-state index in [2.05, 4.69) is 69.4 Å². The first-order valence-electron chi connectivity index (χ1n) is 11.1. The lowest BCUT2D eigenvalue weighted by Gasteiger charge is -2.21. The van der Waals surface area contributed by atoms with Gasteiger partial charge in [0.1, 0.15) is 0 Å². The summed E-state index contributed by atoms with van der Waals surface area (Å²) in [4.78, 5) is 18.2. The highest BCUT2D eigenvalue weighted by atomic mass is 16.1. The van der Waals surface area contributed by atoms with Crippen LogP contribution in [0.2, 0.25) is 0 Å². The molecule has 0 saturated carbocycles. The molecular formula is C29H30N2O. The molecule has 4 aromatic rings. The van der Waals surface area contributed by atoms with Gasteiger partial charge in [-0.3, -0.25) is 4.79 Å². The summed E-state index contributed by atoms with van der Waals surface area (Å²) in [6, 6.07) is 26.3. The number of benzene rings is 3. The van der Waals surface area contributed by atoms with Crippen LogP contribution >= 0.6 is 0 Å². The Morgan fingerprint density at radius 3 is 2.31 bits per heavy atom. The molecule has 32 heavy (non-hydrogen) atoms. The lowest BCUT2D eigenvalue weighted by Crippen LogP contribution is -2.27. The van der Waals surface area contributed by atoms with E-state index in [-0.39, 0.29) is 17.4 Å². The van der Waals surface area contributed by atoms with Crippen molar-refractivity contribution in [1.82, 2.24) is 10.3 Å². The summed E-state index contributed by atoms with van der Waals surface area (Å²) in [5.41, 5.74) is 6.91. The number of nitrogens with zero attached hydrogens (tertiary/aromatic N) is 1. The third-order valence-corrected chi connectivity index (χ3v) is 5.90. The number of aromatic nitrogens is 1. The molecule has 3 heteroatoms. The Morgan fingerprint density at radius 2 is 1.62 bits per heavy atom. The van der Waals surface area contributed by atoms with E-state index in [1.165, 1.54) is 5.56 Å². The summed E-state index contributed by atoms with van der Waals surface area (Å²) in [5, 5.41) is 4.04. The molecule has 3 nitrogen and oxygen atoms in total. The van der Waals surface area contributed by atoms with Crippen LogP contribution in [0.3, 0.4) is 0 Å². The second kappa shape index (κ2) is 8.58. The number of amides is 1. The van der Waals surface area contributed by atoms with Gasteiger partial charge in [-0.1, -0.05) is 87.0 Å². The molecule has 0 saturated heterocycles. The molecule has 1 N–H and O–H groups in total. The number of hydrogen-bond donors (Lipinski definition) is 1.